The van der Waals surface area contributed by atoms with Crippen molar-refractivity contribution >= 4 is 11.9 Å². The zero-order valence-electron chi connectivity index (χ0n) is 17.1. The third-order valence-corrected chi connectivity index (χ3v) is 6.96. The lowest BCUT2D eigenvalue weighted by Crippen LogP contribution is -2.61. The number of urea groups is 1. The molecular formula is C21H35N3O3. The van der Waals surface area contributed by atoms with Gasteiger partial charge in [0.25, 0.3) is 0 Å². The van der Waals surface area contributed by atoms with Crippen LogP contribution in [-0.2, 0) is 9.53 Å². The van der Waals surface area contributed by atoms with E-state index in [1.54, 1.807) is 0 Å². The number of nitrogens with zero attached hydrogens (tertiary/aromatic N) is 1. The molecule has 1 aliphatic heterocycles. The van der Waals surface area contributed by atoms with Crippen LogP contribution in [0.1, 0.15) is 65.7 Å². The summed E-state index contributed by atoms with van der Waals surface area (Å²) in [6.45, 7) is 7.65. The van der Waals surface area contributed by atoms with E-state index in [-0.39, 0.29) is 29.2 Å². The summed E-state index contributed by atoms with van der Waals surface area (Å²) in [6, 6.07) is -0.0968. The number of amides is 3. The lowest BCUT2D eigenvalue weighted by Gasteiger charge is -2.56. The molecule has 0 aromatic carbocycles. The molecule has 1 unspecified atom stereocenters. The van der Waals surface area contributed by atoms with E-state index in [1.807, 2.05) is 25.7 Å². The van der Waals surface area contributed by atoms with Crippen LogP contribution in [0, 0.1) is 17.8 Å². The third-order valence-electron chi connectivity index (χ3n) is 6.96. The highest BCUT2D eigenvalue weighted by atomic mass is 16.5. The van der Waals surface area contributed by atoms with E-state index in [2.05, 4.69) is 10.6 Å². The van der Waals surface area contributed by atoms with E-state index in [1.165, 1.54) is 19.3 Å². The van der Waals surface area contributed by atoms with Crippen LogP contribution >= 0.6 is 0 Å². The number of nitrogens with one attached hydrogen (secondary N) is 2. The largest absolute Gasteiger partial charge is 0.369 e. The van der Waals surface area contributed by atoms with Gasteiger partial charge in [0, 0.05) is 31.6 Å². The second-order valence-corrected chi connectivity index (χ2v) is 10.3. The normalized spacial score (nSPS) is 39.3. The number of hydrogen-bond donors (Lipinski definition) is 2. The summed E-state index contributed by atoms with van der Waals surface area (Å²) >= 11 is 0. The van der Waals surface area contributed by atoms with Gasteiger partial charge in [-0.2, -0.15) is 0 Å². The topological polar surface area (TPSA) is 70.7 Å². The molecule has 27 heavy (non-hydrogen) atoms. The number of rotatable bonds is 4. The van der Waals surface area contributed by atoms with Crippen LogP contribution in [-0.4, -0.2) is 53.7 Å². The van der Waals surface area contributed by atoms with Crippen LogP contribution in [0.15, 0.2) is 0 Å². The summed E-state index contributed by atoms with van der Waals surface area (Å²) in [5, 5.41) is 6.23. The number of hydrogen-bond acceptors (Lipinski definition) is 3. The van der Waals surface area contributed by atoms with E-state index < -0.39 is 0 Å². The average Bonchev–Trinajstić information content (AvgIpc) is 2.50. The first-order chi connectivity index (χ1) is 12.7. The maximum Gasteiger partial charge on any atom is 0.315 e. The van der Waals surface area contributed by atoms with Gasteiger partial charge in [-0.05, 0) is 77.0 Å². The summed E-state index contributed by atoms with van der Waals surface area (Å²) in [5.41, 5.74) is -0.289. The zero-order valence-corrected chi connectivity index (χ0v) is 17.1. The van der Waals surface area contributed by atoms with Crippen molar-refractivity contribution in [2.24, 2.45) is 17.8 Å². The molecule has 5 rings (SSSR count). The Labute approximate surface area is 162 Å². The van der Waals surface area contributed by atoms with Crippen molar-refractivity contribution in [1.29, 1.82) is 0 Å². The van der Waals surface area contributed by atoms with Gasteiger partial charge in [-0.1, -0.05) is 0 Å². The van der Waals surface area contributed by atoms with Gasteiger partial charge in [0.05, 0.1) is 11.7 Å². The van der Waals surface area contributed by atoms with E-state index in [0.29, 0.717) is 26.1 Å². The molecule has 5 aliphatic rings. The second-order valence-electron chi connectivity index (χ2n) is 10.3. The molecule has 4 aliphatic carbocycles. The molecule has 6 nitrogen and oxygen atoms in total. The molecule has 2 N–H and O–H groups in total. The van der Waals surface area contributed by atoms with Crippen molar-refractivity contribution in [2.75, 3.05) is 19.6 Å². The number of morpholine rings is 1. The molecule has 5 fully saturated rings. The fraction of sp³-hybridized carbons (Fsp3) is 0.905. The van der Waals surface area contributed by atoms with Crippen LogP contribution in [0.25, 0.3) is 0 Å². The smallest absolute Gasteiger partial charge is 0.315 e. The molecule has 0 spiro atoms. The van der Waals surface area contributed by atoms with Crippen LogP contribution in [0.4, 0.5) is 4.79 Å². The molecule has 1 saturated heterocycles. The van der Waals surface area contributed by atoms with Crippen molar-refractivity contribution < 1.29 is 14.3 Å². The molecule has 1 heterocycles. The van der Waals surface area contributed by atoms with Gasteiger partial charge in [0.15, 0.2) is 0 Å². The average molecular weight is 378 g/mol. The van der Waals surface area contributed by atoms with Gasteiger partial charge in [0.1, 0.15) is 0 Å². The predicted molar refractivity (Wildman–Crippen MR) is 103 cm³/mol. The Morgan fingerprint density at radius 1 is 1.07 bits per heavy atom. The summed E-state index contributed by atoms with van der Waals surface area (Å²) in [5.74, 6) is 2.52. The predicted octanol–water partition coefficient (Wildman–Crippen LogP) is 2.67. The Balaban J connectivity index is 1.23. The summed E-state index contributed by atoms with van der Waals surface area (Å²) in [6.07, 6.45) is 7.92. The molecular weight excluding hydrogens is 342 g/mol. The van der Waals surface area contributed by atoms with Crippen molar-refractivity contribution in [3.63, 3.8) is 0 Å². The highest BCUT2D eigenvalue weighted by Gasteiger charge is 2.51. The fourth-order valence-corrected chi connectivity index (χ4v) is 6.63. The first-order valence-corrected chi connectivity index (χ1v) is 10.7. The third kappa shape index (κ3) is 4.25. The second kappa shape index (κ2) is 6.94. The van der Waals surface area contributed by atoms with Crippen molar-refractivity contribution in [3.05, 3.63) is 0 Å². The fourth-order valence-electron chi connectivity index (χ4n) is 6.63. The van der Waals surface area contributed by atoms with Gasteiger partial charge >= 0.3 is 6.03 Å². The quantitative estimate of drug-likeness (QED) is 0.791. The van der Waals surface area contributed by atoms with Crippen molar-refractivity contribution in [2.45, 2.75) is 83.0 Å². The zero-order chi connectivity index (χ0) is 19.2. The first-order valence-electron chi connectivity index (χ1n) is 10.7. The maximum absolute atomic E-state index is 12.5. The number of carbonyl (C=O) groups is 2. The number of carbonyl (C=O) groups excluding carboxylic acids is 2. The minimum Gasteiger partial charge on any atom is -0.369 e. The van der Waals surface area contributed by atoms with Crippen molar-refractivity contribution in [3.8, 4) is 0 Å². The van der Waals surface area contributed by atoms with E-state index in [0.717, 1.165) is 37.0 Å². The van der Waals surface area contributed by atoms with Crippen LogP contribution < -0.4 is 10.6 Å². The van der Waals surface area contributed by atoms with E-state index in [9.17, 15) is 9.59 Å². The summed E-state index contributed by atoms with van der Waals surface area (Å²) < 4.78 is 5.86. The standard InChI is InChI=1S/C21H35N3O3/c1-14-12-24(13-20(2,3)27-14)18(25)4-5-22-19(26)23-21-9-15-6-16(10-21)8-17(7-15)11-21/h14-17H,4-13H2,1-3H3,(H2,22,23,26). The van der Waals surface area contributed by atoms with E-state index >= 15 is 0 Å². The van der Waals surface area contributed by atoms with Gasteiger partial charge in [-0.15, -0.1) is 0 Å². The first kappa shape index (κ1) is 19.0. The highest BCUT2D eigenvalue weighted by Crippen LogP contribution is 2.55. The Hall–Kier alpha value is -1.30. The SMILES string of the molecule is CC1CN(C(=O)CCNC(=O)NC23CC4CC(CC(C4)C2)C3)CC(C)(C)O1. The Morgan fingerprint density at radius 2 is 1.67 bits per heavy atom. The summed E-state index contributed by atoms with van der Waals surface area (Å²) in [4.78, 5) is 26.9. The molecule has 152 valence electrons. The molecule has 4 bridgehead atoms. The van der Waals surface area contributed by atoms with Gasteiger partial charge < -0.3 is 20.3 Å². The Bertz CT molecular complexity index is 568. The lowest BCUT2D eigenvalue weighted by atomic mass is 9.53. The number of ether oxygens (including phenoxy) is 1. The molecule has 6 heteroatoms. The minimum absolute atomic E-state index is 0.0203. The molecule has 0 radical (unpaired) electrons. The molecule has 3 amide bonds. The van der Waals surface area contributed by atoms with Crippen LogP contribution in [0.3, 0.4) is 0 Å². The Kier molecular flexibility index (Phi) is 4.90. The molecule has 0 aromatic rings. The van der Waals surface area contributed by atoms with Crippen LogP contribution in [0.5, 0.6) is 0 Å². The summed E-state index contributed by atoms with van der Waals surface area (Å²) in [7, 11) is 0. The van der Waals surface area contributed by atoms with Crippen LogP contribution in [0.2, 0.25) is 0 Å². The maximum atomic E-state index is 12.5. The van der Waals surface area contributed by atoms with Crippen molar-refractivity contribution in [1.82, 2.24) is 15.5 Å². The Morgan fingerprint density at radius 3 is 2.22 bits per heavy atom. The monoisotopic (exact) mass is 377 g/mol. The highest BCUT2D eigenvalue weighted by molar-refractivity contribution is 5.78. The lowest BCUT2D eigenvalue weighted by molar-refractivity contribution is -0.158. The minimum atomic E-state index is -0.309. The molecule has 4 saturated carbocycles. The van der Waals surface area contributed by atoms with Gasteiger partial charge in [0.2, 0.25) is 5.91 Å². The molecule has 1 atom stereocenters. The van der Waals surface area contributed by atoms with Gasteiger partial charge in [-0.25, -0.2) is 4.79 Å². The van der Waals surface area contributed by atoms with E-state index in [4.69, 9.17) is 4.74 Å². The molecule has 0 aromatic heterocycles. The van der Waals surface area contributed by atoms with Gasteiger partial charge in [-0.3, -0.25) is 4.79 Å².